The summed E-state index contributed by atoms with van der Waals surface area (Å²) in [7, 11) is 3.65. The molecule has 0 unspecified atom stereocenters. The van der Waals surface area contributed by atoms with Crippen LogP contribution >= 0.6 is 11.8 Å². The number of carbonyl (C=O) groups is 1. The number of nitrogens with zero attached hydrogens (tertiary/aromatic N) is 1. The topological polar surface area (TPSA) is 98.7 Å². The average Bonchev–Trinajstić information content (AvgIpc) is 3.85. The number of benzene rings is 4. The highest BCUT2D eigenvalue weighted by Crippen LogP contribution is 2.45. The van der Waals surface area contributed by atoms with Crippen molar-refractivity contribution < 1.29 is 33.6 Å². The van der Waals surface area contributed by atoms with E-state index in [-0.39, 0.29) is 11.9 Å². The molecule has 0 saturated carbocycles. The van der Waals surface area contributed by atoms with Gasteiger partial charge in [-0.05, 0) is 67.8 Å². The first-order valence-corrected chi connectivity index (χ1v) is 20.7. The lowest BCUT2D eigenvalue weighted by molar-refractivity contribution is -0.185. The van der Waals surface area contributed by atoms with Crippen molar-refractivity contribution in [3.05, 3.63) is 138 Å². The van der Waals surface area contributed by atoms with Gasteiger partial charge in [0.2, 0.25) is 5.91 Å². The van der Waals surface area contributed by atoms with Crippen LogP contribution in [0.25, 0.3) is 0 Å². The fourth-order valence-corrected chi connectivity index (χ4v) is 9.39. The van der Waals surface area contributed by atoms with Gasteiger partial charge in [-0.25, -0.2) is 0 Å². The standard InChI is InChI=1S/C45H54N2O7S/c1-6-16-30-27-36(47(3)28-30)42(49)46-37(39-41-40(38(48)44(53-39)55-5)51-43(52-41)31-23-25-35(50-4)26-24-31)29(2)54-45(32-17-10-7-11-18-32,33-19-12-8-13-20-33)34-21-14-9-15-22-34/h7-15,17-26,29-30,36-41,43-44,48H,6,16,27-28H2,1-5H3,(H,46,49)/t29-,30+,36-,37+,38+,39-,40-,41-,43+,44+/m0/s1. The molecule has 7 rings (SSSR count). The lowest BCUT2D eigenvalue weighted by Crippen LogP contribution is -2.65. The highest BCUT2D eigenvalue weighted by Gasteiger charge is 2.56. The van der Waals surface area contributed by atoms with Crippen LogP contribution in [0.1, 0.15) is 61.7 Å². The van der Waals surface area contributed by atoms with Gasteiger partial charge in [-0.15, -0.1) is 11.8 Å². The molecule has 0 aliphatic carbocycles. The molecular weight excluding hydrogens is 713 g/mol. The Balaban J connectivity index is 1.31. The lowest BCUT2D eigenvalue weighted by atomic mass is 9.79. The van der Waals surface area contributed by atoms with Crippen molar-refractivity contribution in [1.82, 2.24) is 10.2 Å². The van der Waals surface area contributed by atoms with Crippen LogP contribution in [0.4, 0.5) is 0 Å². The number of hydrogen-bond donors (Lipinski definition) is 2. The molecule has 3 saturated heterocycles. The largest absolute Gasteiger partial charge is 0.497 e. The summed E-state index contributed by atoms with van der Waals surface area (Å²) in [6.07, 6.45) is 0.265. The molecule has 1 amide bonds. The molecule has 2 N–H and O–H groups in total. The highest BCUT2D eigenvalue weighted by atomic mass is 32.2. The van der Waals surface area contributed by atoms with Crippen molar-refractivity contribution in [3.63, 3.8) is 0 Å². The number of aliphatic hydroxyl groups excluding tert-OH is 1. The minimum absolute atomic E-state index is 0.0797. The van der Waals surface area contributed by atoms with Gasteiger partial charge in [-0.2, -0.15) is 0 Å². The number of rotatable bonds is 14. The second-order valence-corrected chi connectivity index (χ2v) is 15.9. The number of ether oxygens (including phenoxy) is 5. The summed E-state index contributed by atoms with van der Waals surface area (Å²) >= 11 is 1.41. The Morgan fingerprint density at radius 3 is 1.98 bits per heavy atom. The van der Waals surface area contributed by atoms with E-state index in [1.807, 2.05) is 99.1 Å². The molecule has 3 fully saturated rings. The second-order valence-electron chi connectivity index (χ2n) is 15.0. The maximum Gasteiger partial charge on any atom is 0.237 e. The third kappa shape index (κ3) is 8.09. The van der Waals surface area contributed by atoms with E-state index in [4.69, 9.17) is 23.7 Å². The number of amides is 1. The van der Waals surface area contributed by atoms with Gasteiger partial charge < -0.3 is 34.1 Å². The molecule has 4 aromatic rings. The zero-order valence-electron chi connectivity index (χ0n) is 32.3. The van der Waals surface area contributed by atoms with E-state index in [1.54, 1.807) is 7.11 Å². The van der Waals surface area contributed by atoms with Crippen molar-refractivity contribution in [1.29, 1.82) is 0 Å². The minimum Gasteiger partial charge on any atom is -0.497 e. The van der Waals surface area contributed by atoms with E-state index < -0.39 is 53.9 Å². The third-order valence-corrected chi connectivity index (χ3v) is 12.3. The molecule has 292 valence electrons. The zero-order chi connectivity index (χ0) is 38.5. The Morgan fingerprint density at radius 2 is 1.45 bits per heavy atom. The van der Waals surface area contributed by atoms with Crippen LogP contribution in [-0.2, 0) is 29.3 Å². The molecule has 3 aliphatic rings. The fourth-order valence-electron chi connectivity index (χ4n) is 8.71. The number of likely N-dealkylation sites (tertiary alicyclic amines) is 1. The van der Waals surface area contributed by atoms with Crippen molar-refractivity contribution in [2.45, 2.75) is 93.0 Å². The molecule has 3 heterocycles. The Labute approximate surface area is 329 Å². The van der Waals surface area contributed by atoms with Gasteiger partial charge in [0, 0.05) is 12.1 Å². The van der Waals surface area contributed by atoms with Crippen LogP contribution in [0.2, 0.25) is 0 Å². The van der Waals surface area contributed by atoms with E-state index in [0.717, 1.165) is 48.1 Å². The number of nitrogens with one attached hydrogen (secondary N) is 1. The molecule has 0 radical (unpaired) electrons. The number of carbonyl (C=O) groups excluding carboxylic acids is 1. The van der Waals surface area contributed by atoms with E-state index in [1.165, 1.54) is 11.8 Å². The molecule has 4 aromatic carbocycles. The molecule has 9 nitrogen and oxygen atoms in total. The van der Waals surface area contributed by atoms with Gasteiger partial charge in [0.15, 0.2) is 6.29 Å². The summed E-state index contributed by atoms with van der Waals surface area (Å²) in [4.78, 5) is 16.8. The average molecular weight is 767 g/mol. The van der Waals surface area contributed by atoms with E-state index in [0.29, 0.717) is 11.7 Å². The smallest absolute Gasteiger partial charge is 0.237 e. The lowest BCUT2D eigenvalue weighted by Gasteiger charge is -2.46. The predicted octanol–water partition coefficient (Wildman–Crippen LogP) is 6.93. The van der Waals surface area contributed by atoms with E-state index in [2.05, 4.69) is 53.5 Å². The van der Waals surface area contributed by atoms with E-state index in [9.17, 15) is 9.90 Å². The molecule has 0 bridgehead atoms. The molecule has 3 aliphatic heterocycles. The molecule has 10 atom stereocenters. The Morgan fingerprint density at radius 1 is 0.891 bits per heavy atom. The third-order valence-electron chi connectivity index (χ3n) is 11.4. The summed E-state index contributed by atoms with van der Waals surface area (Å²) in [5.41, 5.74) is 1.93. The highest BCUT2D eigenvalue weighted by molar-refractivity contribution is 7.99. The summed E-state index contributed by atoms with van der Waals surface area (Å²) in [5, 5.41) is 15.1. The number of likely N-dealkylation sites (N-methyl/N-ethyl adjacent to an activating group) is 1. The molecule has 55 heavy (non-hydrogen) atoms. The van der Waals surface area contributed by atoms with Crippen LogP contribution in [0.3, 0.4) is 0 Å². The Hall–Kier alpha value is -3.74. The van der Waals surface area contributed by atoms with Gasteiger partial charge in [0.25, 0.3) is 0 Å². The maximum absolute atomic E-state index is 14.6. The van der Waals surface area contributed by atoms with Gasteiger partial charge in [0.05, 0.1) is 25.3 Å². The van der Waals surface area contributed by atoms with Crippen LogP contribution < -0.4 is 10.1 Å². The van der Waals surface area contributed by atoms with Crippen LogP contribution in [-0.4, -0.2) is 90.9 Å². The van der Waals surface area contributed by atoms with Gasteiger partial charge >= 0.3 is 0 Å². The molecule has 0 aromatic heterocycles. The van der Waals surface area contributed by atoms with Gasteiger partial charge in [0.1, 0.15) is 41.2 Å². The van der Waals surface area contributed by atoms with Crippen LogP contribution in [0, 0.1) is 5.92 Å². The number of hydrogen-bond acceptors (Lipinski definition) is 9. The summed E-state index contributed by atoms with van der Waals surface area (Å²) in [6, 6.07) is 37.2. The number of methoxy groups -OCH3 is 1. The summed E-state index contributed by atoms with van der Waals surface area (Å²) in [6.45, 7) is 5.06. The summed E-state index contributed by atoms with van der Waals surface area (Å²) < 4.78 is 33.0. The normalized spacial score (nSPS) is 28.0. The van der Waals surface area contributed by atoms with Crippen molar-refractivity contribution in [2.75, 3.05) is 27.0 Å². The SMILES string of the molecule is CCC[C@@H]1C[C@@H](C(=O)N[C@@H]([C@@H]2O[C@H](SC)[C@H](O)[C@@H]3O[C@@H](c4ccc(OC)cc4)O[C@H]32)[C@H](C)OC(c2ccccc2)(c2ccccc2)c2ccccc2)N(C)C1. The number of aliphatic hydroxyl groups is 1. The number of thioether (sulfide) groups is 1. The summed E-state index contributed by atoms with van der Waals surface area (Å²) in [5.74, 6) is 1.08. The van der Waals surface area contributed by atoms with Crippen LogP contribution in [0.15, 0.2) is 115 Å². The monoisotopic (exact) mass is 766 g/mol. The Bertz CT molecular complexity index is 1720. The molecule has 10 heteroatoms. The molecule has 0 spiro atoms. The van der Waals surface area contributed by atoms with E-state index >= 15 is 0 Å². The van der Waals surface area contributed by atoms with Crippen molar-refractivity contribution >= 4 is 17.7 Å². The maximum atomic E-state index is 14.6. The quantitative estimate of drug-likeness (QED) is 0.133. The molecular formula is C45H54N2O7S. The fraction of sp³-hybridized carbons (Fsp3) is 0.444. The minimum atomic E-state index is -1.06. The Kier molecular flexibility index (Phi) is 12.6. The number of fused-ring (bicyclic) bond motifs is 1. The van der Waals surface area contributed by atoms with Crippen molar-refractivity contribution in [2.24, 2.45) is 5.92 Å². The van der Waals surface area contributed by atoms with Gasteiger partial charge in [-0.1, -0.05) is 116 Å². The first-order valence-electron chi connectivity index (χ1n) is 19.4. The first kappa shape index (κ1) is 39.5. The predicted molar refractivity (Wildman–Crippen MR) is 215 cm³/mol. The second kappa shape index (κ2) is 17.6. The first-order chi connectivity index (χ1) is 26.8. The zero-order valence-corrected chi connectivity index (χ0v) is 33.1. The van der Waals surface area contributed by atoms with Gasteiger partial charge in [-0.3, -0.25) is 9.69 Å². The van der Waals surface area contributed by atoms with Crippen LogP contribution in [0.5, 0.6) is 5.75 Å². The van der Waals surface area contributed by atoms with Crippen molar-refractivity contribution in [3.8, 4) is 5.75 Å².